The van der Waals surface area contributed by atoms with Gasteiger partial charge in [0.25, 0.3) is 0 Å². The predicted molar refractivity (Wildman–Crippen MR) is 81.3 cm³/mol. The number of esters is 1. The highest BCUT2D eigenvalue weighted by Gasteiger charge is 2.75. The monoisotopic (exact) mass is 351 g/mol. The van der Waals surface area contributed by atoms with E-state index in [-0.39, 0.29) is 22.7 Å². The van der Waals surface area contributed by atoms with Crippen molar-refractivity contribution < 1.29 is 14.3 Å². The van der Waals surface area contributed by atoms with Gasteiger partial charge in [-0.2, -0.15) is 0 Å². The third-order valence-electron chi connectivity index (χ3n) is 4.56. The normalized spacial score (nSPS) is 29.0. The zero-order chi connectivity index (χ0) is 15.1. The number of benzene rings is 1. The van der Waals surface area contributed by atoms with Crippen LogP contribution in [0.25, 0.3) is 0 Å². The molecule has 0 radical (unpaired) electrons. The van der Waals surface area contributed by atoms with Gasteiger partial charge in [0.2, 0.25) is 5.91 Å². The second-order valence-corrected chi connectivity index (χ2v) is 7.04. The molecule has 3 aliphatic rings. The fraction of sp³-hybridized carbons (Fsp3) is 0.500. The van der Waals surface area contributed by atoms with E-state index in [4.69, 9.17) is 4.74 Å². The Morgan fingerprint density at radius 1 is 1.29 bits per heavy atom. The second-order valence-electron chi connectivity index (χ2n) is 6.12. The second kappa shape index (κ2) is 5.13. The number of rotatable bonds is 5. The molecule has 3 saturated carbocycles. The molecule has 2 bridgehead atoms. The summed E-state index contributed by atoms with van der Waals surface area (Å²) in [5, 5.41) is 2.98. The van der Waals surface area contributed by atoms with E-state index in [0.29, 0.717) is 32.4 Å². The van der Waals surface area contributed by atoms with Crippen LogP contribution in [-0.2, 0) is 20.9 Å². The smallest absolute Gasteiger partial charge is 0.312 e. The van der Waals surface area contributed by atoms with E-state index in [1.165, 1.54) is 0 Å². The largest absolute Gasteiger partial charge is 0.466 e. The minimum Gasteiger partial charge on any atom is -0.466 e. The standard InChI is InChI=1S/C16H18BrNO3/c1-2-21-14(20)16-8-15(9-16,10-16)13(19)18-7-11-4-3-5-12(17)6-11/h3-6H,2,7-10H2,1H3,(H,18,19)/t15-,16-. The minimum atomic E-state index is -0.358. The maximum Gasteiger partial charge on any atom is 0.312 e. The molecule has 0 atom stereocenters. The Morgan fingerprint density at radius 3 is 2.62 bits per heavy atom. The lowest BCUT2D eigenvalue weighted by Gasteiger charge is -2.66. The third kappa shape index (κ3) is 2.37. The summed E-state index contributed by atoms with van der Waals surface area (Å²) in [6.45, 7) is 2.74. The fourth-order valence-corrected chi connectivity index (χ4v) is 3.99. The first-order chi connectivity index (χ1) is 10.00. The number of ether oxygens (including phenoxy) is 1. The fourth-order valence-electron chi connectivity index (χ4n) is 3.55. The van der Waals surface area contributed by atoms with Crippen LogP contribution in [0.1, 0.15) is 31.7 Å². The quantitative estimate of drug-likeness (QED) is 0.829. The Labute approximate surface area is 132 Å². The molecule has 1 aromatic carbocycles. The van der Waals surface area contributed by atoms with Crippen LogP contribution in [-0.4, -0.2) is 18.5 Å². The molecule has 0 aliphatic heterocycles. The zero-order valence-electron chi connectivity index (χ0n) is 11.9. The van der Waals surface area contributed by atoms with Crippen molar-refractivity contribution >= 4 is 27.8 Å². The van der Waals surface area contributed by atoms with Gasteiger partial charge in [-0.05, 0) is 43.9 Å². The molecule has 0 saturated heterocycles. The van der Waals surface area contributed by atoms with Gasteiger partial charge in [-0.15, -0.1) is 0 Å². The summed E-state index contributed by atoms with van der Waals surface area (Å²) >= 11 is 3.41. The van der Waals surface area contributed by atoms with Gasteiger partial charge >= 0.3 is 5.97 Å². The average molecular weight is 352 g/mol. The molecule has 0 unspecified atom stereocenters. The number of hydrogen-bond acceptors (Lipinski definition) is 3. The van der Waals surface area contributed by atoms with Gasteiger partial charge in [0.1, 0.15) is 0 Å². The van der Waals surface area contributed by atoms with Gasteiger partial charge < -0.3 is 10.1 Å². The van der Waals surface area contributed by atoms with Crippen molar-refractivity contribution in [2.24, 2.45) is 10.8 Å². The van der Waals surface area contributed by atoms with Crippen molar-refractivity contribution in [1.29, 1.82) is 0 Å². The number of carbonyl (C=O) groups is 2. The highest BCUT2D eigenvalue weighted by molar-refractivity contribution is 9.10. The maximum atomic E-state index is 12.3. The van der Waals surface area contributed by atoms with Gasteiger partial charge in [0.15, 0.2) is 0 Å². The molecule has 1 aromatic rings. The maximum absolute atomic E-state index is 12.3. The van der Waals surface area contributed by atoms with Crippen molar-refractivity contribution in [3.63, 3.8) is 0 Å². The van der Waals surface area contributed by atoms with Crippen molar-refractivity contribution in [2.45, 2.75) is 32.7 Å². The van der Waals surface area contributed by atoms with Crippen molar-refractivity contribution in [1.82, 2.24) is 5.32 Å². The molecular weight excluding hydrogens is 334 g/mol. The number of carbonyl (C=O) groups excluding carboxylic acids is 2. The molecule has 1 N–H and O–H groups in total. The van der Waals surface area contributed by atoms with E-state index in [9.17, 15) is 9.59 Å². The SMILES string of the molecule is CCOC(=O)[C@]12C[C@@](C(=O)NCc3cccc(Br)c3)(C1)C2. The van der Waals surface area contributed by atoms with Gasteiger partial charge in [0, 0.05) is 11.0 Å². The van der Waals surface area contributed by atoms with Crippen molar-refractivity contribution in [3.05, 3.63) is 34.3 Å². The van der Waals surface area contributed by atoms with E-state index >= 15 is 0 Å². The highest BCUT2D eigenvalue weighted by Crippen LogP contribution is 2.73. The van der Waals surface area contributed by atoms with Crippen LogP contribution in [0.3, 0.4) is 0 Å². The van der Waals surface area contributed by atoms with Crippen LogP contribution in [0.4, 0.5) is 0 Å². The number of halogens is 1. The molecule has 0 spiro atoms. The Balaban J connectivity index is 1.52. The van der Waals surface area contributed by atoms with Crippen LogP contribution >= 0.6 is 15.9 Å². The summed E-state index contributed by atoms with van der Waals surface area (Å²) in [4.78, 5) is 24.1. The molecule has 3 fully saturated rings. The zero-order valence-corrected chi connectivity index (χ0v) is 13.5. The van der Waals surface area contributed by atoms with Crippen LogP contribution in [0.5, 0.6) is 0 Å². The molecule has 5 heteroatoms. The van der Waals surface area contributed by atoms with E-state index in [1.54, 1.807) is 0 Å². The van der Waals surface area contributed by atoms with E-state index in [1.807, 2.05) is 31.2 Å². The molecule has 21 heavy (non-hydrogen) atoms. The van der Waals surface area contributed by atoms with E-state index in [2.05, 4.69) is 21.2 Å². The lowest BCUT2D eigenvalue weighted by atomic mass is 9.35. The summed E-state index contributed by atoms with van der Waals surface area (Å²) < 4.78 is 6.08. The lowest BCUT2D eigenvalue weighted by Crippen LogP contribution is -2.70. The van der Waals surface area contributed by atoms with Crippen LogP contribution in [0, 0.1) is 10.8 Å². The Kier molecular flexibility index (Phi) is 3.56. The summed E-state index contributed by atoms with van der Waals surface area (Å²) in [6, 6.07) is 7.87. The molecule has 4 nitrogen and oxygen atoms in total. The van der Waals surface area contributed by atoms with E-state index in [0.717, 1.165) is 10.0 Å². The molecule has 0 heterocycles. The average Bonchev–Trinajstić information content (AvgIpc) is 2.33. The van der Waals surface area contributed by atoms with Crippen molar-refractivity contribution in [2.75, 3.05) is 6.61 Å². The summed E-state index contributed by atoms with van der Waals surface area (Å²) in [5.41, 5.74) is 0.381. The molecule has 1 amide bonds. The summed E-state index contributed by atoms with van der Waals surface area (Å²) in [5.74, 6) is -0.0692. The Bertz CT molecular complexity index is 579. The molecular formula is C16H18BrNO3. The first kappa shape index (κ1) is 14.6. The minimum absolute atomic E-state index is 0.0636. The van der Waals surface area contributed by atoms with Crippen LogP contribution in [0.2, 0.25) is 0 Å². The van der Waals surface area contributed by atoms with Crippen LogP contribution in [0.15, 0.2) is 28.7 Å². The van der Waals surface area contributed by atoms with Gasteiger partial charge in [-0.1, -0.05) is 28.1 Å². The highest BCUT2D eigenvalue weighted by atomic mass is 79.9. The third-order valence-corrected chi connectivity index (χ3v) is 5.06. The molecule has 112 valence electrons. The number of nitrogens with one attached hydrogen (secondary N) is 1. The molecule has 3 aliphatic carbocycles. The van der Waals surface area contributed by atoms with E-state index < -0.39 is 0 Å². The molecule has 4 rings (SSSR count). The van der Waals surface area contributed by atoms with Crippen molar-refractivity contribution in [3.8, 4) is 0 Å². The van der Waals surface area contributed by atoms with Gasteiger partial charge in [-0.25, -0.2) is 0 Å². The van der Waals surface area contributed by atoms with Gasteiger partial charge in [-0.3, -0.25) is 9.59 Å². The first-order valence-corrected chi connectivity index (χ1v) is 7.99. The van der Waals surface area contributed by atoms with Crippen LogP contribution < -0.4 is 5.32 Å². The number of amides is 1. The topological polar surface area (TPSA) is 55.4 Å². The molecule has 0 aromatic heterocycles. The Hall–Kier alpha value is -1.36. The summed E-state index contributed by atoms with van der Waals surface area (Å²) in [6.07, 6.45) is 1.93. The lowest BCUT2D eigenvalue weighted by molar-refractivity contribution is -0.224. The Morgan fingerprint density at radius 2 is 2.00 bits per heavy atom. The number of hydrogen-bond donors (Lipinski definition) is 1. The van der Waals surface area contributed by atoms with Gasteiger partial charge in [0.05, 0.1) is 17.4 Å². The first-order valence-electron chi connectivity index (χ1n) is 7.20. The summed E-state index contributed by atoms with van der Waals surface area (Å²) in [7, 11) is 0. The predicted octanol–water partition coefficient (Wildman–Crippen LogP) is 2.80.